The number of pyridine rings is 1. The van der Waals surface area contributed by atoms with Crippen LogP contribution in [-0.4, -0.2) is 42.1 Å². The van der Waals surface area contributed by atoms with E-state index in [1.807, 2.05) is 45.2 Å². The third-order valence-electron chi connectivity index (χ3n) is 6.54. The van der Waals surface area contributed by atoms with Gasteiger partial charge in [0.25, 0.3) is 0 Å². The van der Waals surface area contributed by atoms with Gasteiger partial charge in [-0.15, -0.1) is 0 Å². The topological polar surface area (TPSA) is 63.7 Å². The summed E-state index contributed by atoms with van der Waals surface area (Å²) in [5, 5.41) is 2.86. The summed E-state index contributed by atoms with van der Waals surface area (Å²) in [6.45, 7) is 14.7. The molecule has 0 bridgehead atoms. The average Bonchev–Trinajstić information content (AvgIpc) is 2.93. The van der Waals surface area contributed by atoms with Gasteiger partial charge in [-0.1, -0.05) is 46.2 Å². The first-order chi connectivity index (χ1) is 19.3. The lowest BCUT2D eigenvalue weighted by atomic mass is 9.99. The van der Waals surface area contributed by atoms with Crippen LogP contribution in [0.4, 0.5) is 4.39 Å². The number of carbonyl (C=O) groups excluding carboxylic acids is 1. The maximum absolute atomic E-state index is 14.0. The molecular formula is C33H44FN3O3. The van der Waals surface area contributed by atoms with Crippen molar-refractivity contribution in [3.8, 4) is 22.6 Å². The highest BCUT2D eigenvalue weighted by molar-refractivity contribution is 5.78. The lowest BCUT2D eigenvalue weighted by Crippen LogP contribution is -2.25. The molecule has 3 aromatic rings. The Kier molecular flexibility index (Phi) is 12.4. The molecule has 0 unspecified atom stereocenters. The smallest absolute Gasteiger partial charge is 0.226 e. The fraction of sp³-hybridized carbons (Fsp3) is 0.455. The molecule has 0 saturated heterocycles. The van der Waals surface area contributed by atoms with Crippen molar-refractivity contribution in [2.24, 2.45) is 5.92 Å². The van der Waals surface area contributed by atoms with Crippen LogP contribution in [0.1, 0.15) is 64.3 Å². The second kappa shape index (κ2) is 16.0. The summed E-state index contributed by atoms with van der Waals surface area (Å²) in [6, 6.07) is 14.7. The Labute approximate surface area is 238 Å². The molecule has 0 aliphatic rings. The van der Waals surface area contributed by atoms with E-state index < -0.39 is 0 Å². The molecule has 0 spiro atoms. The van der Waals surface area contributed by atoms with Gasteiger partial charge in [-0.05, 0) is 79.4 Å². The minimum Gasteiger partial charge on any atom is -0.494 e. The van der Waals surface area contributed by atoms with Crippen molar-refractivity contribution in [3.63, 3.8) is 0 Å². The summed E-state index contributed by atoms with van der Waals surface area (Å²) in [6.07, 6.45) is 4.30. The fourth-order valence-corrected chi connectivity index (χ4v) is 4.40. The highest BCUT2D eigenvalue weighted by atomic mass is 19.1. The number of nitrogens with zero attached hydrogens (tertiary/aromatic N) is 2. The molecule has 216 valence electrons. The molecule has 40 heavy (non-hydrogen) atoms. The Morgan fingerprint density at radius 3 is 2.52 bits per heavy atom. The zero-order valence-corrected chi connectivity index (χ0v) is 24.6. The number of hydrogen-bond donors (Lipinski definition) is 1. The van der Waals surface area contributed by atoms with Crippen molar-refractivity contribution in [3.05, 3.63) is 77.4 Å². The number of halogens is 1. The monoisotopic (exact) mass is 549 g/mol. The molecule has 1 amide bonds. The van der Waals surface area contributed by atoms with E-state index >= 15 is 0 Å². The quantitative estimate of drug-likeness (QED) is 0.213. The van der Waals surface area contributed by atoms with Gasteiger partial charge in [-0.2, -0.15) is 0 Å². The van der Waals surface area contributed by atoms with E-state index in [0.29, 0.717) is 36.1 Å². The van der Waals surface area contributed by atoms with Crippen LogP contribution in [0.3, 0.4) is 0 Å². The molecule has 0 fully saturated rings. The third kappa shape index (κ3) is 9.94. The van der Waals surface area contributed by atoms with Crippen LogP contribution in [0.15, 0.2) is 54.7 Å². The second-order valence-electron chi connectivity index (χ2n) is 10.5. The van der Waals surface area contributed by atoms with Crippen LogP contribution in [0.2, 0.25) is 0 Å². The normalized spacial score (nSPS) is 11.2. The fourth-order valence-electron chi connectivity index (χ4n) is 4.40. The van der Waals surface area contributed by atoms with Crippen LogP contribution in [0, 0.1) is 11.7 Å². The van der Waals surface area contributed by atoms with Crippen LogP contribution in [-0.2, 0) is 24.3 Å². The first kappa shape index (κ1) is 31.1. The minimum atomic E-state index is -0.385. The van der Waals surface area contributed by atoms with Crippen molar-refractivity contribution < 1.29 is 18.7 Å². The molecule has 7 heteroatoms. The Morgan fingerprint density at radius 1 is 1.02 bits per heavy atom. The number of benzene rings is 2. The molecule has 0 atom stereocenters. The number of unbranched alkanes of at least 4 members (excludes halogenated alkanes) is 1. The molecule has 1 N–H and O–H groups in total. The lowest BCUT2D eigenvalue weighted by Gasteiger charge is -2.22. The summed E-state index contributed by atoms with van der Waals surface area (Å²) >= 11 is 0. The summed E-state index contributed by atoms with van der Waals surface area (Å²) < 4.78 is 25.4. The van der Waals surface area contributed by atoms with Gasteiger partial charge in [0.1, 0.15) is 17.3 Å². The molecule has 6 nitrogen and oxygen atoms in total. The number of rotatable bonds is 16. The van der Waals surface area contributed by atoms with E-state index in [-0.39, 0.29) is 24.7 Å². The molecule has 0 aliphatic carbocycles. The molecule has 2 aromatic carbocycles. The van der Waals surface area contributed by atoms with Crippen LogP contribution < -0.4 is 14.8 Å². The number of ether oxygens (including phenoxy) is 2. The average molecular weight is 550 g/mol. The highest BCUT2D eigenvalue weighted by Gasteiger charge is 2.13. The second-order valence-corrected chi connectivity index (χ2v) is 10.5. The zero-order chi connectivity index (χ0) is 28.9. The number of hydrogen-bond acceptors (Lipinski definition) is 5. The maximum Gasteiger partial charge on any atom is 0.226 e. The predicted octanol–water partition coefficient (Wildman–Crippen LogP) is 6.80. The molecular weight excluding hydrogens is 505 g/mol. The van der Waals surface area contributed by atoms with E-state index in [0.717, 1.165) is 42.9 Å². The van der Waals surface area contributed by atoms with E-state index in [9.17, 15) is 9.18 Å². The van der Waals surface area contributed by atoms with Crippen LogP contribution in [0.25, 0.3) is 11.1 Å². The molecule has 0 radical (unpaired) electrons. The highest BCUT2D eigenvalue weighted by Crippen LogP contribution is 2.29. The number of nitrogens with one attached hydrogen (secondary N) is 1. The number of carbonyl (C=O) groups is 1. The zero-order valence-electron chi connectivity index (χ0n) is 24.6. The first-order valence-electron chi connectivity index (χ1n) is 14.4. The number of aromatic nitrogens is 1. The maximum atomic E-state index is 14.0. The van der Waals surface area contributed by atoms with E-state index in [1.54, 1.807) is 6.07 Å². The summed E-state index contributed by atoms with van der Waals surface area (Å²) in [5.41, 5.74) is 4.64. The third-order valence-corrected chi connectivity index (χ3v) is 6.54. The van der Waals surface area contributed by atoms with Gasteiger partial charge in [0, 0.05) is 36.6 Å². The van der Waals surface area contributed by atoms with E-state index in [1.165, 1.54) is 24.1 Å². The van der Waals surface area contributed by atoms with Gasteiger partial charge < -0.3 is 14.8 Å². The standard InChI is InChI=1S/C33H44FN3O3/c1-6-9-14-37(7-2)22-27-17-30(39-8-3)12-13-32(27)26-10-11-29(35-21-26)19-33(38)36-20-25-15-28(34)18-31(16-25)40-23-24(4)5/h10-13,15-18,21,24H,6-9,14,19-20,22-23H2,1-5H3,(H,36,38). The van der Waals surface area contributed by atoms with E-state index in [2.05, 4.69) is 41.2 Å². The molecule has 1 aromatic heterocycles. The Balaban J connectivity index is 1.66. The van der Waals surface area contributed by atoms with Gasteiger partial charge >= 0.3 is 0 Å². The van der Waals surface area contributed by atoms with Crippen molar-refractivity contribution >= 4 is 5.91 Å². The molecule has 0 aliphatic heterocycles. The van der Waals surface area contributed by atoms with Gasteiger partial charge in [0.05, 0.1) is 19.6 Å². The molecule has 0 saturated carbocycles. The predicted molar refractivity (Wildman–Crippen MR) is 159 cm³/mol. The van der Waals surface area contributed by atoms with Crippen molar-refractivity contribution in [1.82, 2.24) is 15.2 Å². The van der Waals surface area contributed by atoms with Gasteiger partial charge in [0.15, 0.2) is 0 Å². The van der Waals surface area contributed by atoms with Crippen molar-refractivity contribution in [1.29, 1.82) is 0 Å². The molecule has 3 rings (SSSR count). The Morgan fingerprint density at radius 2 is 1.85 bits per heavy atom. The largest absolute Gasteiger partial charge is 0.494 e. The van der Waals surface area contributed by atoms with Crippen LogP contribution in [0.5, 0.6) is 11.5 Å². The Bertz CT molecular complexity index is 1210. The van der Waals surface area contributed by atoms with Crippen molar-refractivity contribution in [2.45, 2.75) is 67.0 Å². The van der Waals surface area contributed by atoms with E-state index in [4.69, 9.17) is 9.47 Å². The number of amides is 1. The summed E-state index contributed by atoms with van der Waals surface area (Å²) in [5.74, 6) is 1.11. The SMILES string of the molecule is CCCCN(CC)Cc1cc(OCC)ccc1-c1ccc(CC(=O)NCc2cc(F)cc(OCC(C)C)c2)nc1. The minimum absolute atomic E-state index is 0.142. The first-order valence-corrected chi connectivity index (χ1v) is 14.4. The van der Waals surface area contributed by atoms with Gasteiger partial charge in [0.2, 0.25) is 5.91 Å². The van der Waals surface area contributed by atoms with Crippen LogP contribution >= 0.6 is 0 Å². The lowest BCUT2D eigenvalue weighted by molar-refractivity contribution is -0.120. The van der Waals surface area contributed by atoms with Crippen molar-refractivity contribution in [2.75, 3.05) is 26.3 Å². The van der Waals surface area contributed by atoms with Gasteiger partial charge in [-0.3, -0.25) is 14.7 Å². The molecule has 1 heterocycles. The van der Waals surface area contributed by atoms with Gasteiger partial charge in [-0.25, -0.2) is 4.39 Å². The summed E-state index contributed by atoms with van der Waals surface area (Å²) in [7, 11) is 0. The Hall–Kier alpha value is -3.45. The summed E-state index contributed by atoms with van der Waals surface area (Å²) in [4.78, 5) is 19.7.